The molecule has 0 saturated carbocycles. The van der Waals surface area contributed by atoms with Crippen LogP contribution in [0.5, 0.6) is 0 Å². The van der Waals surface area contributed by atoms with Crippen LogP contribution in [-0.4, -0.2) is 47.0 Å². The maximum Gasteiger partial charge on any atom is 0.303 e. The first-order chi connectivity index (χ1) is 20.1. The van der Waals surface area contributed by atoms with Gasteiger partial charge >= 0.3 is 5.97 Å². The highest BCUT2D eigenvalue weighted by Crippen LogP contribution is 2.38. The standard InChI is InChI=1S/C34H41ClF2N2O4/c1-19(2)10-29(39-18-23(8-9-38(6)7)20(3)13-31(39)41)30(40)15-24(16-32(42)43)27-14-25(11-22(5)34(27)37)33-21(4)12-26(36)17-28(33)35/h11-14,17-19,24,29H,8-10,15-16H2,1-7H3,(H,42,43)/t24-,29?/m0/s1. The molecule has 3 aromatic rings. The normalized spacial score (nSPS) is 13.0. The SMILES string of the molecule is Cc1cc(=O)n(C(CC(C)C)C(=O)C[C@@H](CC(=O)O)c2cc(-c3c(C)cc(F)cc3Cl)cc(C)c2F)cc1CCN(C)C. The average Bonchev–Trinajstić information content (AvgIpc) is 2.87. The number of hydrogen-bond acceptors (Lipinski definition) is 4. The molecule has 0 amide bonds. The van der Waals surface area contributed by atoms with Gasteiger partial charge in [-0.15, -0.1) is 0 Å². The predicted molar refractivity (Wildman–Crippen MR) is 167 cm³/mol. The number of likely N-dealkylation sites (N-methyl/N-ethyl adjacent to an activating group) is 1. The maximum absolute atomic E-state index is 15.7. The van der Waals surface area contributed by atoms with Crippen LogP contribution in [0.15, 0.2) is 41.3 Å². The van der Waals surface area contributed by atoms with E-state index >= 15 is 4.39 Å². The van der Waals surface area contributed by atoms with Crippen molar-refractivity contribution in [2.75, 3.05) is 20.6 Å². The van der Waals surface area contributed by atoms with Gasteiger partial charge < -0.3 is 14.6 Å². The van der Waals surface area contributed by atoms with E-state index in [2.05, 4.69) is 0 Å². The van der Waals surface area contributed by atoms with Crippen molar-refractivity contribution < 1.29 is 23.5 Å². The molecule has 0 bridgehead atoms. The lowest BCUT2D eigenvalue weighted by molar-refractivity contribution is -0.137. The van der Waals surface area contributed by atoms with E-state index in [0.717, 1.165) is 17.7 Å². The molecule has 3 rings (SSSR count). The lowest BCUT2D eigenvalue weighted by Crippen LogP contribution is -2.32. The second-order valence-electron chi connectivity index (χ2n) is 12.2. The smallest absolute Gasteiger partial charge is 0.303 e. The Morgan fingerprint density at radius 2 is 1.65 bits per heavy atom. The number of carboxylic acids is 1. The van der Waals surface area contributed by atoms with E-state index in [4.69, 9.17) is 11.6 Å². The lowest BCUT2D eigenvalue weighted by atomic mass is 9.84. The first kappa shape index (κ1) is 34.1. The molecule has 2 atom stereocenters. The molecule has 0 fully saturated rings. The monoisotopic (exact) mass is 614 g/mol. The summed E-state index contributed by atoms with van der Waals surface area (Å²) in [6.45, 7) is 9.76. The fraction of sp³-hybridized carbons (Fsp3) is 0.441. The van der Waals surface area contributed by atoms with E-state index < -0.39 is 36.0 Å². The predicted octanol–water partition coefficient (Wildman–Crippen LogP) is 7.28. The third kappa shape index (κ3) is 8.61. The number of aromatic nitrogens is 1. The third-order valence-electron chi connectivity index (χ3n) is 7.76. The molecule has 43 heavy (non-hydrogen) atoms. The van der Waals surface area contributed by atoms with E-state index in [1.54, 1.807) is 26.1 Å². The fourth-order valence-electron chi connectivity index (χ4n) is 5.57. The lowest BCUT2D eigenvalue weighted by Gasteiger charge is -2.25. The molecule has 2 aromatic carbocycles. The number of Topliss-reactive ketones (excluding diaryl/α,β-unsaturated/α-hetero) is 1. The largest absolute Gasteiger partial charge is 0.481 e. The minimum Gasteiger partial charge on any atom is -0.481 e. The summed E-state index contributed by atoms with van der Waals surface area (Å²) < 4.78 is 31.1. The van der Waals surface area contributed by atoms with E-state index in [1.807, 2.05) is 39.8 Å². The van der Waals surface area contributed by atoms with Crippen molar-refractivity contribution in [3.05, 3.63) is 91.4 Å². The van der Waals surface area contributed by atoms with E-state index in [9.17, 15) is 23.9 Å². The second kappa shape index (κ2) is 14.4. The average molecular weight is 615 g/mol. The number of rotatable bonds is 13. The molecule has 232 valence electrons. The van der Waals surface area contributed by atoms with Crippen molar-refractivity contribution in [1.82, 2.24) is 9.47 Å². The number of ketones is 1. The molecule has 0 saturated heterocycles. The second-order valence-corrected chi connectivity index (χ2v) is 12.6. The van der Waals surface area contributed by atoms with Crippen LogP contribution in [0.2, 0.25) is 5.02 Å². The summed E-state index contributed by atoms with van der Waals surface area (Å²) in [5, 5.41) is 9.92. The van der Waals surface area contributed by atoms with Crippen LogP contribution in [0.3, 0.4) is 0 Å². The maximum atomic E-state index is 15.7. The summed E-state index contributed by atoms with van der Waals surface area (Å²) in [5.41, 5.74) is 3.31. The van der Waals surface area contributed by atoms with Crippen LogP contribution >= 0.6 is 11.6 Å². The molecule has 1 unspecified atom stereocenters. The van der Waals surface area contributed by atoms with Gasteiger partial charge in [-0.25, -0.2) is 8.78 Å². The molecule has 9 heteroatoms. The highest BCUT2D eigenvalue weighted by atomic mass is 35.5. The van der Waals surface area contributed by atoms with Crippen molar-refractivity contribution in [2.24, 2.45) is 5.92 Å². The summed E-state index contributed by atoms with van der Waals surface area (Å²) in [5.74, 6) is -3.61. The van der Waals surface area contributed by atoms with Gasteiger partial charge in [-0.2, -0.15) is 0 Å². The van der Waals surface area contributed by atoms with Crippen LogP contribution in [0, 0.1) is 38.3 Å². The number of aryl methyl sites for hydroxylation is 3. The quantitative estimate of drug-likeness (QED) is 0.219. The number of pyridine rings is 1. The highest BCUT2D eigenvalue weighted by molar-refractivity contribution is 6.33. The molecule has 1 heterocycles. The Morgan fingerprint density at radius 1 is 0.977 bits per heavy atom. The molecule has 0 aliphatic rings. The topological polar surface area (TPSA) is 79.6 Å². The van der Waals surface area contributed by atoms with Gasteiger partial charge in [0, 0.05) is 36.7 Å². The van der Waals surface area contributed by atoms with Crippen LogP contribution in [-0.2, 0) is 16.0 Å². The van der Waals surface area contributed by atoms with Crippen molar-refractivity contribution in [3.8, 4) is 11.1 Å². The number of carbonyl (C=O) groups is 2. The number of hydrogen-bond donors (Lipinski definition) is 1. The molecule has 1 aromatic heterocycles. The van der Waals surface area contributed by atoms with Crippen LogP contribution < -0.4 is 5.56 Å². The first-order valence-corrected chi connectivity index (χ1v) is 14.8. The molecule has 1 N–H and O–H groups in total. The van der Waals surface area contributed by atoms with Crippen molar-refractivity contribution >= 4 is 23.4 Å². The van der Waals surface area contributed by atoms with Gasteiger partial charge in [-0.1, -0.05) is 25.4 Å². The fourth-order valence-corrected chi connectivity index (χ4v) is 5.93. The number of carbonyl (C=O) groups excluding carboxylic acids is 1. The van der Waals surface area contributed by atoms with Gasteiger partial charge in [-0.3, -0.25) is 14.4 Å². The molecule has 0 radical (unpaired) electrons. The van der Waals surface area contributed by atoms with Gasteiger partial charge in [0.1, 0.15) is 11.6 Å². The van der Waals surface area contributed by atoms with Crippen LogP contribution in [0.25, 0.3) is 11.1 Å². The summed E-state index contributed by atoms with van der Waals surface area (Å²) in [6, 6.07) is 6.26. The summed E-state index contributed by atoms with van der Waals surface area (Å²) in [7, 11) is 3.92. The summed E-state index contributed by atoms with van der Waals surface area (Å²) in [4.78, 5) is 41.2. The Morgan fingerprint density at radius 3 is 2.23 bits per heavy atom. The number of halogens is 3. The van der Waals surface area contributed by atoms with Gasteiger partial charge in [0.15, 0.2) is 5.78 Å². The Balaban J connectivity index is 2.10. The molecule has 6 nitrogen and oxygen atoms in total. The van der Waals surface area contributed by atoms with Crippen molar-refractivity contribution in [1.29, 1.82) is 0 Å². The van der Waals surface area contributed by atoms with Gasteiger partial charge in [0.05, 0.1) is 17.5 Å². The third-order valence-corrected chi connectivity index (χ3v) is 8.06. The van der Waals surface area contributed by atoms with Gasteiger partial charge in [0.25, 0.3) is 5.56 Å². The molecule has 0 spiro atoms. The summed E-state index contributed by atoms with van der Waals surface area (Å²) >= 11 is 6.38. The zero-order valence-corrected chi connectivity index (χ0v) is 26.7. The minimum absolute atomic E-state index is 0.0520. The van der Waals surface area contributed by atoms with Crippen LogP contribution in [0.1, 0.15) is 72.9 Å². The number of nitrogens with zero attached hydrogens (tertiary/aromatic N) is 2. The Hall–Kier alpha value is -3.36. The minimum atomic E-state index is -1.19. The Bertz CT molecular complexity index is 1540. The Labute approximate surface area is 257 Å². The zero-order valence-electron chi connectivity index (χ0n) is 25.9. The number of carboxylic acid groups (broad SMARTS) is 1. The summed E-state index contributed by atoms with van der Waals surface area (Å²) in [6.07, 6.45) is 2.01. The number of benzene rings is 2. The Kier molecular flexibility index (Phi) is 11.4. The molecular weight excluding hydrogens is 574 g/mol. The van der Waals surface area contributed by atoms with E-state index in [1.165, 1.54) is 28.8 Å². The molecular formula is C34H41ClF2N2O4. The molecule has 0 aliphatic carbocycles. The highest BCUT2D eigenvalue weighted by Gasteiger charge is 2.30. The van der Waals surface area contributed by atoms with Gasteiger partial charge in [0.2, 0.25) is 0 Å². The first-order valence-electron chi connectivity index (χ1n) is 14.5. The number of aliphatic carboxylic acids is 1. The van der Waals surface area contributed by atoms with E-state index in [-0.39, 0.29) is 39.8 Å². The van der Waals surface area contributed by atoms with Crippen molar-refractivity contribution in [3.63, 3.8) is 0 Å². The van der Waals surface area contributed by atoms with Crippen LogP contribution in [0.4, 0.5) is 8.78 Å². The van der Waals surface area contributed by atoms with E-state index in [0.29, 0.717) is 29.5 Å². The molecule has 0 aliphatic heterocycles. The van der Waals surface area contributed by atoms with Gasteiger partial charge in [-0.05, 0) is 111 Å². The zero-order chi connectivity index (χ0) is 32.2. The van der Waals surface area contributed by atoms with Crippen molar-refractivity contribution in [2.45, 2.75) is 72.3 Å².